The highest BCUT2D eigenvalue weighted by Crippen LogP contribution is 2.33. The third-order valence-electron chi connectivity index (χ3n) is 3.16. The van der Waals surface area contributed by atoms with Gasteiger partial charge in [-0.05, 0) is 24.3 Å². The van der Waals surface area contributed by atoms with Crippen molar-refractivity contribution >= 4 is 29.0 Å². The van der Waals surface area contributed by atoms with Gasteiger partial charge in [-0.3, -0.25) is 10.1 Å². The summed E-state index contributed by atoms with van der Waals surface area (Å²) in [5.74, 6) is 0.565. The number of para-hydroxylation sites is 1. The molecule has 1 aromatic heterocycles. The molecule has 3 aromatic rings. The number of methoxy groups -OCH3 is 1. The summed E-state index contributed by atoms with van der Waals surface area (Å²) in [6, 6.07) is 11.2. The monoisotopic (exact) mass is 346 g/mol. The van der Waals surface area contributed by atoms with Crippen LogP contribution >= 0.6 is 11.6 Å². The van der Waals surface area contributed by atoms with E-state index >= 15 is 0 Å². The normalized spacial score (nSPS) is 10.4. The third-order valence-corrected chi connectivity index (χ3v) is 3.39. The fourth-order valence-electron chi connectivity index (χ4n) is 2.09. The Morgan fingerprint density at radius 2 is 2.04 bits per heavy atom. The lowest BCUT2D eigenvalue weighted by Crippen LogP contribution is -1.94. The van der Waals surface area contributed by atoms with Gasteiger partial charge in [-0.2, -0.15) is 0 Å². The first-order chi connectivity index (χ1) is 11.6. The van der Waals surface area contributed by atoms with Gasteiger partial charge in [0.1, 0.15) is 11.3 Å². The molecule has 9 heteroatoms. The first kappa shape index (κ1) is 15.8. The van der Waals surface area contributed by atoms with Crippen molar-refractivity contribution in [1.29, 1.82) is 0 Å². The van der Waals surface area contributed by atoms with E-state index < -0.39 is 4.92 Å². The van der Waals surface area contributed by atoms with E-state index in [9.17, 15) is 10.1 Å². The van der Waals surface area contributed by atoms with E-state index in [1.807, 2.05) is 0 Å². The Morgan fingerprint density at radius 1 is 1.25 bits per heavy atom. The van der Waals surface area contributed by atoms with Crippen molar-refractivity contribution in [2.45, 2.75) is 0 Å². The van der Waals surface area contributed by atoms with Crippen LogP contribution < -0.4 is 10.1 Å². The Labute approximate surface area is 141 Å². The summed E-state index contributed by atoms with van der Waals surface area (Å²) in [7, 11) is 1.51. The molecule has 8 nitrogen and oxygen atoms in total. The van der Waals surface area contributed by atoms with E-state index in [0.29, 0.717) is 16.5 Å². The van der Waals surface area contributed by atoms with E-state index in [2.05, 4.69) is 15.5 Å². The molecule has 122 valence electrons. The van der Waals surface area contributed by atoms with Crippen LogP contribution in [0.25, 0.3) is 11.5 Å². The number of nitro groups is 1. The van der Waals surface area contributed by atoms with Crippen LogP contribution in [0.4, 0.5) is 17.4 Å². The average Bonchev–Trinajstić information content (AvgIpc) is 3.03. The number of hydrogen-bond donors (Lipinski definition) is 1. The molecule has 0 bridgehead atoms. The van der Waals surface area contributed by atoms with Gasteiger partial charge < -0.3 is 14.5 Å². The molecule has 0 amide bonds. The Bertz CT molecular complexity index is 897. The van der Waals surface area contributed by atoms with Crippen LogP contribution in [0.5, 0.6) is 5.75 Å². The quantitative estimate of drug-likeness (QED) is 0.549. The summed E-state index contributed by atoms with van der Waals surface area (Å²) in [6.45, 7) is 0. The van der Waals surface area contributed by atoms with Crippen molar-refractivity contribution < 1.29 is 14.1 Å². The molecule has 0 aliphatic heterocycles. The van der Waals surface area contributed by atoms with Crippen LogP contribution in [0.15, 0.2) is 46.9 Å². The summed E-state index contributed by atoms with van der Waals surface area (Å²) >= 11 is 5.96. The van der Waals surface area contributed by atoms with Crippen LogP contribution in [0.3, 0.4) is 0 Å². The van der Waals surface area contributed by atoms with Crippen molar-refractivity contribution in [3.05, 3.63) is 57.6 Å². The number of nitrogens with zero attached hydrogens (tertiary/aromatic N) is 3. The zero-order chi connectivity index (χ0) is 17.1. The van der Waals surface area contributed by atoms with Gasteiger partial charge in [0.05, 0.1) is 17.7 Å². The van der Waals surface area contributed by atoms with Gasteiger partial charge in [-0.15, -0.1) is 5.10 Å². The Balaban J connectivity index is 1.93. The van der Waals surface area contributed by atoms with Crippen molar-refractivity contribution in [1.82, 2.24) is 10.2 Å². The minimum Gasteiger partial charge on any atom is -0.495 e. The maximum atomic E-state index is 11.1. The summed E-state index contributed by atoms with van der Waals surface area (Å²) in [6.07, 6.45) is 0. The van der Waals surface area contributed by atoms with Gasteiger partial charge >= 0.3 is 6.01 Å². The summed E-state index contributed by atoms with van der Waals surface area (Å²) in [5, 5.41) is 22.2. The molecule has 0 saturated carbocycles. The molecular formula is C15H11ClN4O4. The molecular weight excluding hydrogens is 336 g/mol. The zero-order valence-electron chi connectivity index (χ0n) is 12.4. The van der Waals surface area contributed by atoms with Crippen LogP contribution in [0.1, 0.15) is 0 Å². The van der Waals surface area contributed by atoms with Crippen LogP contribution in [0.2, 0.25) is 5.02 Å². The molecule has 24 heavy (non-hydrogen) atoms. The fraction of sp³-hybridized carbons (Fsp3) is 0.0667. The predicted octanol–water partition coefficient (Wildman–Crippen LogP) is 4.05. The lowest BCUT2D eigenvalue weighted by atomic mass is 10.2. The molecule has 0 aliphatic carbocycles. The van der Waals surface area contributed by atoms with Crippen molar-refractivity contribution in [3.8, 4) is 17.2 Å². The third kappa shape index (κ3) is 3.13. The van der Waals surface area contributed by atoms with Crippen LogP contribution in [0, 0.1) is 10.1 Å². The van der Waals surface area contributed by atoms with E-state index in [0.717, 1.165) is 0 Å². The molecule has 0 aliphatic rings. The molecule has 1 heterocycles. The van der Waals surface area contributed by atoms with Gasteiger partial charge in [0.15, 0.2) is 0 Å². The van der Waals surface area contributed by atoms with Gasteiger partial charge in [-0.1, -0.05) is 28.8 Å². The maximum absolute atomic E-state index is 11.1. The Morgan fingerprint density at radius 3 is 2.79 bits per heavy atom. The largest absolute Gasteiger partial charge is 0.495 e. The maximum Gasteiger partial charge on any atom is 0.320 e. The highest BCUT2D eigenvalue weighted by Gasteiger charge is 2.20. The second kappa shape index (κ2) is 6.55. The number of rotatable bonds is 5. The lowest BCUT2D eigenvalue weighted by molar-refractivity contribution is -0.384. The Kier molecular flexibility index (Phi) is 4.30. The molecule has 1 N–H and O–H groups in total. The number of benzene rings is 2. The number of nitrogens with one attached hydrogen (secondary N) is 1. The number of anilines is 2. The predicted molar refractivity (Wildman–Crippen MR) is 87.7 cm³/mol. The molecule has 0 radical (unpaired) electrons. The number of ether oxygens (including phenoxy) is 1. The van der Waals surface area contributed by atoms with Gasteiger partial charge in [-0.25, -0.2) is 0 Å². The summed E-state index contributed by atoms with van der Waals surface area (Å²) in [4.78, 5) is 10.6. The highest BCUT2D eigenvalue weighted by molar-refractivity contribution is 6.30. The van der Waals surface area contributed by atoms with E-state index in [4.69, 9.17) is 20.8 Å². The zero-order valence-corrected chi connectivity index (χ0v) is 13.1. The van der Waals surface area contributed by atoms with Crippen molar-refractivity contribution in [2.75, 3.05) is 12.4 Å². The molecule has 0 atom stereocenters. The number of hydrogen-bond acceptors (Lipinski definition) is 7. The van der Waals surface area contributed by atoms with Gasteiger partial charge in [0.2, 0.25) is 0 Å². The van der Waals surface area contributed by atoms with Gasteiger partial charge in [0, 0.05) is 11.1 Å². The topological polar surface area (TPSA) is 103 Å². The second-order valence-electron chi connectivity index (χ2n) is 4.66. The summed E-state index contributed by atoms with van der Waals surface area (Å²) < 4.78 is 10.7. The van der Waals surface area contributed by atoms with E-state index in [1.54, 1.807) is 30.3 Å². The first-order valence-electron chi connectivity index (χ1n) is 6.76. The molecule has 0 unspecified atom stereocenters. The molecule has 0 fully saturated rings. The van der Waals surface area contributed by atoms with E-state index in [1.165, 1.54) is 19.2 Å². The van der Waals surface area contributed by atoms with Crippen LogP contribution in [-0.4, -0.2) is 22.2 Å². The smallest absolute Gasteiger partial charge is 0.320 e. The molecule has 0 saturated heterocycles. The van der Waals surface area contributed by atoms with Crippen LogP contribution in [-0.2, 0) is 0 Å². The highest BCUT2D eigenvalue weighted by atomic mass is 35.5. The Hall–Kier alpha value is -3.13. The molecule has 3 rings (SSSR count). The van der Waals surface area contributed by atoms with E-state index in [-0.39, 0.29) is 23.2 Å². The molecule has 2 aromatic carbocycles. The minimum absolute atomic E-state index is 0.0331. The SMILES string of the molecule is COc1ccc(Cl)cc1Nc1nnc(-c2ccccc2[N+](=O)[O-])o1. The number of halogens is 1. The number of nitro benzene ring substituents is 1. The second-order valence-corrected chi connectivity index (χ2v) is 5.09. The molecule has 0 spiro atoms. The van der Waals surface area contributed by atoms with Crippen molar-refractivity contribution in [3.63, 3.8) is 0 Å². The minimum atomic E-state index is -0.507. The average molecular weight is 347 g/mol. The standard InChI is InChI=1S/C15H11ClN4O4/c1-23-13-7-6-9(16)8-11(13)17-15-19-18-14(24-15)10-4-2-3-5-12(10)20(21)22/h2-8H,1H3,(H,17,19). The van der Waals surface area contributed by atoms with Gasteiger partial charge in [0.25, 0.3) is 11.6 Å². The lowest BCUT2D eigenvalue weighted by Gasteiger charge is -2.08. The van der Waals surface area contributed by atoms with Crippen molar-refractivity contribution in [2.24, 2.45) is 0 Å². The first-order valence-corrected chi connectivity index (χ1v) is 7.14. The summed E-state index contributed by atoms with van der Waals surface area (Å²) in [5.41, 5.74) is 0.650. The fourth-order valence-corrected chi connectivity index (χ4v) is 2.26. The number of aromatic nitrogens is 2.